The van der Waals surface area contributed by atoms with E-state index >= 15 is 0 Å². The smallest absolute Gasteiger partial charge is 0.306 e. The molecule has 0 heterocycles. The molecule has 0 aliphatic heterocycles. The summed E-state index contributed by atoms with van der Waals surface area (Å²) in [5, 5.41) is 0. The molecule has 0 saturated heterocycles. The number of unbranched alkanes of at least 4 members (excludes halogenated alkanes) is 35. The second-order valence-corrected chi connectivity index (χ2v) is 20.3. The first-order valence-electron chi connectivity index (χ1n) is 28.3. The topological polar surface area (TPSA) is 78.9 Å². The molecule has 0 spiro atoms. The van der Waals surface area contributed by atoms with Gasteiger partial charge in [-0.2, -0.15) is 0 Å². The molecule has 6 nitrogen and oxygen atoms in total. The minimum absolute atomic E-state index is 0.0629. The molecule has 0 aromatic heterocycles. The number of hydrogen-bond donors (Lipinski definition) is 0. The van der Waals surface area contributed by atoms with Gasteiger partial charge in [-0.1, -0.05) is 279 Å². The minimum Gasteiger partial charge on any atom is -0.462 e. The predicted octanol–water partition coefficient (Wildman–Crippen LogP) is 18.5. The number of esters is 3. The van der Waals surface area contributed by atoms with Gasteiger partial charge < -0.3 is 14.2 Å². The Balaban J connectivity index is 4.28. The molecule has 0 aromatic carbocycles. The van der Waals surface area contributed by atoms with Crippen molar-refractivity contribution < 1.29 is 28.6 Å². The Morgan fingerprint density at radius 1 is 0.333 bits per heavy atom. The molecule has 0 bridgehead atoms. The summed E-state index contributed by atoms with van der Waals surface area (Å²) in [6, 6.07) is 0. The predicted molar refractivity (Wildman–Crippen MR) is 270 cm³/mol. The summed E-state index contributed by atoms with van der Waals surface area (Å²) in [6.07, 6.45) is 52.2. The van der Waals surface area contributed by atoms with Crippen LogP contribution in [0.15, 0.2) is 0 Å². The molecular weight excluding hydrogens is 781 g/mol. The maximum atomic E-state index is 12.8. The summed E-state index contributed by atoms with van der Waals surface area (Å²) in [5.74, 6) is 0.893. The van der Waals surface area contributed by atoms with Gasteiger partial charge in [-0.05, 0) is 31.1 Å². The number of rotatable bonds is 51. The lowest BCUT2D eigenvalue weighted by Gasteiger charge is -2.18. The van der Waals surface area contributed by atoms with E-state index in [0.717, 1.165) is 69.6 Å². The minimum atomic E-state index is -0.762. The van der Waals surface area contributed by atoms with Crippen molar-refractivity contribution in [3.8, 4) is 0 Å². The van der Waals surface area contributed by atoms with E-state index in [1.54, 1.807) is 0 Å². The van der Waals surface area contributed by atoms with Gasteiger partial charge in [0.05, 0.1) is 0 Å². The summed E-state index contributed by atoms with van der Waals surface area (Å²) in [6.45, 7) is 11.4. The summed E-state index contributed by atoms with van der Waals surface area (Å²) in [4.78, 5) is 38.1. The molecule has 0 N–H and O–H groups in total. The van der Waals surface area contributed by atoms with Crippen LogP contribution in [0.3, 0.4) is 0 Å². The van der Waals surface area contributed by atoms with Gasteiger partial charge in [-0.25, -0.2) is 0 Å². The molecule has 2 atom stereocenters. The van der Waals surface area contributed by atoms with Crippen LogP contribution < -0.4 is 0 Å². The van der Waals surface area contributed by atoms with Gasteiger partial charge in [0, 0.05) is 19.3 Å². The Kier molecular flexibility index (Phi) is 48.6. The number of hydrogen-bond acceptors (Lipinski definition) is 6. The Bertz CT molecular complexity index is 964. The van der Waals surface area contributed by atoms with Crippen molar-refractivity contribution >= 4 is 17.9 Å². The van der Waals surface area contributed by atoms with Crippen LogP contribution in [0, 0.1) is 11.8 Å². The first kappa shape index (κ1) is 61.4. The van der Waals surface area contributed by atoms with Crippen molar-refractivity contribution in [1.29, 1.82) is 0 Å². The lowest BCUT2D eigenvalue weighted by atomic mass is 9.99. The van der Waals surface area contributed by atoms with Gasteiger partial charge in [-0.3, -0.25) is 14.4 Å². The lowest BCUT2D eigenvalue weighted by Crippen LogP contribution is -2.30. The highest BCUT2D eigenvalue weighted by molar-refractivity contribution is 5.71. The van der Waals surface area contributed by atoms with E-state index in [0.29, 0.717) is 19.3 Å². The van der Waals surface area contributed by atoms with E-state index in [2.05, 4.69) is 34.6 Å². The zero-order valence-electron chi connectivity index (χ0n) is 43.2. The van der Waals surface area contributed by atoms with E-state index in [1.165, 1.54) is 205 Å². The number of carbonyl (C=O) groups excluding carboxylic acids is 3. The maximum absolute atomic E-state index is 12.8. The Morgan fingerprint density at radius 3 is 0.905 bits per heavy atom. The molecule has 0 rings (SSSR count). The fourth-order valence-electron chi connectivity index (χ4n) is 8.66. The quantitative estimate of drug-likeness (QED) is 0.0344. The molecule has 63 heavy (non-hydrogen) atoms. The number of ether oxygens (including phenoxy) is 3. The fourth-order valence-corrected chi connectivity index (χ4v) is 8.66. The molecular formula is C57H110O6. The Morgan fingerprint density at radius 2 is 0.603 bits per heavy atom. The number of carbonyl (C=O) groups is 3. The first-order valence-corrected chi connectivity index (χ1v) is 28.3. The van der Waals surface area contributed by atoms with Gasteiger partial charge in [0.15, 0.2) is 6.10 Å². The molecule has 374 valence electrons. The molecule has 0 fully saturated rings. The van der Waals surface area contributed by atoms with Gasteiger partial charge in [-0.15, -0.1) is 0 Å². The van der Waals surface area contributed by atoms with Crippen LogP contribution in [0.2, 0.25) is 0 Å². The van der Waals surface area contributed by atoms with Gasteiger partial charge in [0.1, 0.15) is 13.2 Å². The van der Waals surface area contributed by atoms with Crippen molar-refractivity contribution in [2.24, 2.45) is 11.8 Å². The summed E-state index contributed by atoms with van der Waals surface area (Å²) in [5.41, 5.74) is 0. The van der Waals surface area contributed by atoms with E-state index < -0.39 is 6.10 Å². The highest BCUT2D eigenvalue weighted by atomic mass is 16.6. The van der Waals surface area contributed by atoms with Crippen LogP contribution >= 0.6 is 0 Å². The largest absolute Gasteiger partial charge is 0.462 e. The van der Waals surface area contributed by atoms with Crippen molar-refractivity contribution in [1.82, 2.24) is 0 Å². The van der Waals surface area contributed by atoms with E-state index in [1.807, 2.05) is 0 Å². The zero-order chi connectivity index (χ0) is 46.1. The summed E-state index contributed by atoms with van der Waals surface area (Å²) < 4.78 is 16.9. The highest BCUT2D eigenvalue weighted by Gasteiger charge is 2.19. The van der Waals surface area contributed by atoms with Crippen LogP contribution in [-0.4, -0.2) is 37.2 Å². The fraction of sp³-hybridized carbons (Fsp3) is 0.947. The van der Waals surface area contributed by atoms with E-state index in [4.69, 9.17) is 14.2 Å². The monoisotopic (exact) mass is 891 g/mol. The normalized spacial score (nSPS) is 12.5. The molecule has 1 unspecified atom stereocenters. The molecule has 0 saturated carbocycles. The van der Waals surface area contributed by atoms with Crippen molar-refractivity contribution in [3.05, 3.63) is 0 Å². The van der Waals surface area contributed by atoms with Crippen LogP contribution in [0.25, 0.3) is 0 Å². The third-order valence-corrected chi connectivity index (χ3v) is 13.3. The molecule has 0 amide bonds. The van der Waals surface area contributed by atoms with Crippen molar-refractivity contribution in [3.63, 3.8) is 0 Å². The highest BCUT2D eigenvalue weighted by Crippen LogP contribution is 2.18. The van der Waals surface area contributed by atoms with Gasteiger partial charge in [0.25, 0.3) is 0 Å². The zero-order valence-corrected chi connectivity index (χ0v) is 43.2. The Hall–Kier alpha value is -1.59. The van der Waals surface area contributed by atoms with E-state index in [-0.39, 0.29) is 31.1 Å². The van der Waals surface area contributed by atoms with Gasteiger partial charge in [0.2, 0.25) is 0 Å². The summed E-state index contributed by atoms with van der Waals surface area (Å²) >= 11 is 0. The lowest BCUT2D eigenvalue weighted by molar-refractivity contribution is -0.167. The third kappa shape index (κ3) is 49.7. The molecule has 0 radical (unpaired) electrons. The summed E-state index contributed by atoms with van der Waals surface area (Å²) in [7, 11) is 0. The van der Waals surface area contributed by atoms with E-state index in [9.17, 15) is 14.4 Å². The molecule has 0 aromatic rings. The standard InChI is InChI=1S/C57H110O6/c1-6-8-9-10-11-12-20-27-32-37-42-47-55(58)61-50-54(51-62-56(59)48-43-38-33-28-23-19-15-16-21-25-30-35-40-45-52(3)4)63-57(60)49-44-39-34-29-24-18-14-13-17-22-26-31-36-41-46-53(5)7-2/h52-54H,6-51H2,1-5H3/t53?,54-/m0/s1. The molecule has 0 aliphatic rings. The maximum Gasteiger partial charge on any atom is 0.306 e. The average Bonchev–Trinajstić information content (AvgIpc) is 3.27. The average molecular weight is 892 g/mol. The second kappa shape index (κ2) is 49.8. The van der Waals surface area contributed by atoms with Crippen molar-refractivity contribution in [2.75, 3.05) is 13.2 Å². The first-order chi connectivity index (χ1) is 30.8. The van der Waals surface area contributed by atoms with Crippen LogP contribution in [0.1, 0.15) is 317 Å². The molecule has 6 heteroatoms. The van der Waals surface area contributed by atoms with Crippen molar-refractivity contribution in [2.45, 2.75) is 323 Å². The van der Waals surface area contributed by atoms with Gasteiger partial charge >= 0.3 is 17.9 Å². The second-order valence-electron chi connectivity index (χ2n) is 20.3. The van der Waals surface area contributed by atoms with Crippen LogP contribution in [-0.2, 0) is 28.6 Å². The van der Waals surface area contributed by atoms with Crippen LogP contribution in [0.5, 0.6) is 0 Å². The van der Waals surface area contributed by atoms with Crippen LogP contribution in [0.4, 0.5) is 0 Å². The Labute approximate surface area is 393 Å². The molecule has 0 aliphatic carbocycles. The third-order valence-electron chi connectivity index (χ3n) is 13.3. The SMILES string of the molecule is CCCCCCCCCCCCCC(=O)OC[C@@H](COC(=O)CCCCCCCCCCCCCCCC(C)C)OC(=O)CCCCCCCCCCCCCCCCC(C)CC.